The summed E-state index contributed by atoms with van der Waals surface area (Å²) in [6.45, 7) is 0.745. The van der Waals surface area contributed by atoms with E-state index in [1.807, 2.05) is 28.8 Å². The maximum atomic E-state index is 13.0. The molecule has 4 rings (SSSR count). The van der Waals surface area contributed by atoms with E-state index in [2.05, 4.69) is 10.2 Å². The van der Waals surface area contributed by atoms with Gasteiger partial charge in [-0.15, -0.1) is 10.2 Å². The van der Waals surface area contributed by atoms with Crippen molar-refractivity contribution in [1.82, 2.24) is 18.9 Å². The van der Waals surface area contributed by atoms with E-state index < -0.39 is 16.0 Å². The van der Waals surface area contributed by atoms with Gasteiger partial charge in [0.2, 0.25) is 10.0 Å². The molecule has 0 aliphatic carbocycles. The van der Waals surface area contributed by atoms with Gasteiger partial charge in [-0.25, -0.2) is 13.2 Å². The molecule has 0 spiro atoms. The van der Waals surface area contributed by atoms with Crippen molar-refractivity contribution in [3.05, 3.63) is 60.0 Å². The van der Waals surface area contributed by atoms with Crippen LogP contribution in [0.5, 0.6) is 0 Å². The van der Waals surface area contributed by atoms with Crippen molar-refractivity contribution >= 4 is 21.6 Å². The maximum Gasteiger partial charge on any atom is 0.335 e. The van der Waals surface area contributed by atoms with Crippen LogP contribution >= 0.6 is 0 Å². The van der Waals surface area contributed by atoms with Gasteiger partial charge in [-0.05, 0) is 49.2 Å². The van der Waals surface area contributed by atoms with Crippen LogP contribution in [-0.2, 0) is 10.0 Å². The summed E-state index contributed by atoms with van der Waals surface area (Å²) in [7, 11) is -3.70. The Morgan fingerprint density at radius 2 is 1.89 bits per heavy atom. The highest BCUT2D eigenvalue weighted by molar-refractivity contribution is 7.89. The number of aromatic nitrogens is 3. The van der Waals surface area contributed by atoms with Gasteiger partial charge in [-0.2, -0.15) is 4.31 Å². The van der Waals surface area contributed by atoms with Gasteiger partial charge in [-0.1, -0.05) is 6.07 Å². The Hall–Kier alpha value is -2.78. The first-order valence-electron chi connectivity index (χ1n) is 8.60. The fourth-order valence-corrected chi connectivity index (χ4v) is 4.95. The predicted octanol–water partition coefficient (Wildman–Crippen LogP) is 2.00. The van der Waals surface area contributed by atoms with Crippen LogP contribution in [0.25, 0.3) is 5.65 Å². The van der Waals surface area contributed by atoms with E-state index in [9.17, 15) is 13.2 Å². The molecular formula is C18H18N4O4S. The fraction of sp³-hybridized carbons (Fsp3) is 0.278. The number of sulfonamides is 1. The van der Waals surface area contributed by atoms with Crippen LogP contribution in [0.2, 0.25) is 0 Å². The van der Waals surface area contributed by atoms with Gasteiger partial charge in [0.25, 0.3) is 0 Å². The molecule has 1 aliphatic heterocycles. The third-order valence-corrected chi connectivity index (χ3v) is 6.71. The highest BCUT2D eigenvalue weighted by Gasteiger charge is 2.32. The number of carboxylic acids is 1. The van der Waals surface area contributed by atoms with Crippen LogP contribution in [0.15, 0.2) is 53.6 Å². The summed E-state index contributed by atoms with van der Waals surface area (Å²) < 4.78 is 29.3. The number of pyridine rings is 1. The molecular weight excluding hydrogens is 368 g/mol. The molecule has 3 heterocycles. The molecule has 1 saturated heterocycles. The summed E-state index contributed by atoms with van der Waals surface area (Å²) in [5, 5.41) is 17.4. The predicted molar refractivity (Wildman–Crippen MR) is 97.1 cm³/mol. The Kier molecular flexibility index (Phi) is 4.40. The van der Waals surface area contributed by atoms with Gasteiger partial charge in [0.05, 0.1) is 10.5 Å². The Balaban J connectivity index is 1.61. The van der Waals surface area contributed by atoms with Crippen molar-refractivity contribution < 1.29 is 18.3 Å². The van der Waals surface area contributed by atoms with Crippen LogP contribution in [0.4, 0.5) is 0 Å². The van der Waals surface area contributed by atoms with E-state index in [1.54, 1.807) is 0 Å². The minimum Gasteiger partial charge on any atom is -0.478 e. The number of piperidine rings is 1. The van der Waals surface area contributed by atoms with Crippen molar-refractivity contribution in [1.29, 1.82) is 0 Å². The third kappa shape index (κ3) is 3.19. The Morgan fingerprint density at radius 3 is 2.63 bits per heavy atom. The topological polar surface area (TPSA) is 105 Å². The van der Waals surface area contributed by atoms with Gasteiger partial charge < -0.3 is 5.11 Å². The molecule has 9 heteroatoms. The molecule has 8 nitrogen and oxygen atoms in total. The summed E-state index contributed by atoms with van der Waals surface area (Å²) in [4.78, 5) is 11.1. The number of fused-ring (bicyclic) bond motifs is 1. The van der Waals surface area contributed by atoms with Crippen LogP contribution in [0.1, 0.15) is 34.9 Å². The first kappa shape index (κ1) is 17.6. The molecule has 1 fully saturated rings. The first-order valence-corrected chi connectivity index (χ1v) is 10.0. The summed E-state index contributed by atoms with van der Waals surface area (Å²) in [5.74, 6) is -0.383. The van der Waals surface area contributed by atoms with Crippen molar-refractivity contribution in [3.8, 4) is 0 Å². The Bertz CT molecular complexity index is 1090. The average molecular weight is 386 g/mol. The molecule has 0 radical (unpaired) electrons. The van der Waals surface area contributed by atoms with E-state index in [0.29, 0.717) is 13.1 Å². The summed E-state index contributed by atoms with van der Waals surface area (Å²) >= 11 is 0. The molecule has 0 amide bonds. The SMILES string of the molecule is O=C(O)c1ccc(S(=O)(=O)N2CCCC(c3nnc4ccccn34)C2)cc1. The molecule has 140 valence electrons. The van der Waals surface area contributed by atoms with Crippen molar-refractivity contribution in [3.63, 3.8) is 0 Å². The minimum absolute atomic E-state index is 0.0517. The molecule has 2 aromatic heterocycles. The Morgan fingerprint density at radius 1 is 1.11 bits per heavy atom. The van der Waals surface area contributed by atoms with E-state index in [0.717, 1.165) is 24.3 Å². The number of benzene rings is 1. The summed E-state index contributed by atoms with van der Waals surface area (Å²) in [5.41, 5.74) is 0.789. The Labute approximate surface area is 156 Å². The van der Waals surface area contributed by atoms with Gasteiger partial charge in [0.15, 0.2) is 5.65 Å². The molecule has 0 bridgehead atoms. The van der Waals surface area contributed by atoms with E-state index in [-0.39, 0.29) is 16.4 Å². The highest BCUT2D eigenvalue weighted by Crippen LogP contribution is 2.29. The number of rotatable bonds is 4. The monoisotopic (exact) mass is 386 g/mol. The number of nitrogens with zero attached hydrogens (tertiary/aromatic N) is 4. The highest BCUT2D eigenvalue weighted by atomic mass is 32.2. The van der Waals surface area contributed by atoms with Gasteiger partial charge in [0.1, 0.15) is 5.82 Å². The molecule has 0 saturated carbocycles. The molecule has 1 aromatic carbocycles. The normalized spacial score (nSPS) is 18.6. The lowest BCUT2D eigenvalue weighted by Crippen LogP contribution is -2.39. The molecule has 1 N–H and O–H groups in total. The van der Waals surface area contributed by atoms with Crippen LogP contribution in [0.3, 0.4) is 0 Å². The second-order valence-corrected chi connectivity index (χ2v) is 8.46. The lowest BCUT2D eigenvalue weighted by Gasteiger charge is -2.31. The zero-order valence-electron chi connectivity index (χ0n) is 14.4. The average Bonchev–Trinajstić information content (AvgIpc) is 3.12. The van der Waals surface area contributed by atoms with E-state index in [1.165, 1.54) is 28.6 Å². The third-order valence-electron chi connectivity index (χ3n) is 4.83. The molecule has 1 atom stereocenters. The lowest BCUT2D eigenvalue weighted by molar-refractivity contribution is 0.0696. The second kappa shape index (κ2) is 6.75. The largest absolute Gasteiger partial charge is 0.478 e. The van der Waals surface area contributed by atoms with Crippen molar-refractivity contribution in [2.24, 2.45) is 0 Å². The quantitative estimate of drug-likeness (QED) is 0.735. The van der Waals surface area contributed by atoms with Gasteiger partial charge in [-0.3, -0.25) is 4.40 Å². The summed E-state index contributed by atoms with van der Waals surface area (Å²) in [6.07, 6.45) is 3.43. The fourth-order valence-electron chi connectivity index (χ4n) is 3.43. The molecule has 27 heavy (non-hydrogen) atoms. The number of hydrogen-bond acceptors (Lipinski definition) is 5. The zero-order valence-corrected chi connectivity index (χ0v) is 15.2. The van der Waals surface area contributed by atoms with Crippen LogP contribution in [-0.4, -0.2) is 51.5 Å². The lowest BCUT2D eigenvalue weighted by atomic mass is 9.99. The van der Waals surface area contributed by atoms with E-state index in [4.69, 9.17) is 5.11 Å². The molecule has 3 aromatic rings. The summed E-state index contributed by atoms with van der Waals surface area (Å²) in [6, 6.07) is 10.9. The maximum absolute atomic E-state index is 13.0. The van der Waals surface area contributed by atoms with Crippen molar-refractivity contribution in [2.45, 2.75) is 23.7 Å². The first-order chi connectivity index (χ1) is 13.0. The number of hydrogen-bond donors (Lipinski definition) is 1. The van der Waals surface area contributed by atoms with Crippen molar-refractivity contribution in [2.75, 3.05) is 13.1 Å². The smallest absolute Gasteiger partial charge is 0.335 e. The second-order valence-electron chi connectivity index (χ2n) is 6.52. The van der Waals surface area contributed by atoms with Gasteiger partial charge in [0, 0.05) is 25.2 Å². The number of carbonyl (C=O) groups is 1. The van der Waals surface area contributed by atoms with Crippen LogP contribution in [0, 0.1) is 0 Å². The van der Waals surface area contributed by atoms with E-state index >= 15 is 0 Å². The standard InChI is InChI=1S/C18H18N4O4S/c23-18(24)13-6-8-15(9-7-13)27(25,26)21-10-3-4-14(12-21)17-20-19-16-5-1-2-11-22(16)17/h1-2,5-9,11,14H,3-4,10,12H2,(H,23,24). The molecule has 1 unspecified atom stereocenters. The molecule has 1 aliphatic rings. The minimum atomic E-state index is -3.70. The van der Waals surface area contributed by atoms with Gasteiger partial charge >= 0.3 is 5.97 Å². The van der Waals surface area contributed by atoms with Crippen LogP contribution < -0.4 is 0 Å². The zero-order chi connectivity index (χ0) is 19.0. The number of aromatic carboxylic acids is 1. The number of carboxylic acid groups (broad SMARTS) is 1.